The molecule has 0 bridgehead atoms. The first-order valence-electron chi connectivity index (χ1n) is 6.84. The van der Waals surface area contributed by atoms with Gasteiger partial charge < -0.3 is 15.6 Å². The number of carbonyl (C=O) groups is 1. The van der Waals surface area contributed by atoms with E-state index in [1.54, 1.807) is 6.07 Å². The predicted molar refractivity (Wildman–Crippen MR) is 73.4 cm³/mol. The standard InChI is InChI=1S/C14H23N3O/c1-3-17-9-12(15)7-13(17)14(18)16-8-11-5-4-10(2)6-11/h7,9-11H,3-6,8,15H2,1-2H3,(H,16,18). The third kappa shape index (κ3) is 2.86. The van der Waals surface area contributed by atoms with E-state index >= 15 is 0 Å². The largest absolute Gasteiger partial charge is 0.397 e. The van der Waals surface area contributed by atoms with Gasteiger partial charge in [-0.25, -0.2) is 0 Å². The van der Waals surface area contributed by atoms with Gasteiger partial charge in [-0.05, 0) is 37.7 Å². The van der Waals surface area contributed by atoms with Crippen molar-refractivity contribution in [1.29, 1.82) is 0 Å². The molecule has 1 aliphatic carbocycles. The number of hydrogen-bond acceptors (Lipinski definition) is 2. The van der Waals surface area contributed by atoms with E-state index in [4.69, 9.17) is 5.73 Å². The first-order valence-corrected chi connectivity index (χ1v) is 6.84. The maximum absolute atomic E-state index is 12.1. The van der Waals surface area contributed by atoms with Crippen LogP contribution in [-0.4, -0.2) is 17.0 Å². The summed E-state index contributed by atoms with van der Waals surface area (Å²) in [6.07, 6.45) is 5.57. The van der Waals surface area contributed by atoms with Gasteiger partial charge in [-0.3, -0.25) is 4.79 Å². The molecule has 0 aromatic carbocycles. The molecule has 4 nitrogen and oxygen atoms in total. The minimum absolute atomic E-state index is 0.00639. The van der Waals surface area contributed by atoms with Gasteiger partial charge in [0.1, 0.15) is 5.69 Å². The van der Waals surface area contributed by atoms with E-state index < -0.39 is 0 Å². The molecule has 0 spiro atoms. The van der Waals surface area contributed by atoms with Gasteiger partial charge in [0.2, 0.25) is 0 Å². The first-order chi connectivity index (χ1) is 8.60. The highest BCUT2D eigenvalue weighted by Gasteiger charge is 2.22. The second-order valence-corrected chi connectivity index (χ2v) is 5.44. The van der Waals surface area contributed by atoms with E-state index in [0.29, 0.717) is 17.3 Å². The van der Waals surface area contributed by atoms with Crippen molar-refractivity contribution in [3.63, 3.8) is 0 Å². The van der Waals surface area contributed by atoms with Crippen molar-refractivity contribution < 1.29 is 4.79 Å². The average Bonchev–Trinajstić information content (AvgIpc) is 2.92. The molecule has 1 saturated carbocycles. The van der Waals surface area contributed by atoms with Crippen LogP contribution in [-0.2, 0) is 6.54 Å². The molecule has 2 rings (SSSR count). The second-order valence-electron chi connectivity index (χ2n) is 5.44. The third-order valence-corrected chi connectivity index (χ3v) is 3.85. The molecule has 1 aromatic rings. The number of nitrogens with zero attached hydrogens (tertiary/aromatic N) is 1. The van der Waals surface area contributed by atoms with E-state index in [-0.39, 0.29) is 5.91 Å². The highest BCUT2D eigenvalue weighted by atomic mass is 16.1. The van der Waals surface area contributed by atoms with Crippen LogP contribution >= 0.6 is 0 Å². The van der Waals surface area contributed by atoms with Crippen molar-refractivity contribution in [3.8, 4) is 0 Å². The van der Waals surface area contributed by atoms with Crippen molar-refractivity contribution in [2.45, 2.75) is 39.7 Å². The minimum Gasteiger partial charge on any atom is -0.397 e. The average molecular weight is 249 g/mol. The normalized spacial score (nSPS) is 23.2. The fraction of sp³-hybridized carbons (Fsp3) is 0.643. The molecule has 2 atom stereocenters. The van der Waals surface area contributed by atoms with Crippen LogP contribution in [0, 0.1) is 11.8 Å². The number of nitrogen functional groups attached to an aromatic ring is 1. The maximum Gasteiger partial charge on any atom is 0.267 e. The van der Waals surface area contributed by atoms with E-state index in [9.17, 15) is 4.79 Å². The summed E-state index contributed by atoms with van der Waals surface area (Å²) in [6.45, 7) is 5.85. The highest BCUT2D eigenvalue weighted by Crippen LogP contribution is 2.29. The molecular formula is C14H23N3O. The van der Waals surface area contributed by atoms with Crippen LogP contribution in [0.5, 0.6) is 0 Å². The lowest BCUT2D eigenvalue weighted by Gasteiger charge is -2.12. The number of anilines is 1. The molecule has 3 N–H and O–H groups in total. The van der Waals surface area contributed by atoms with Crippen LogP contribution in [0.25, 0.3) is 0 Å². The van der Waals surface area contributed by atoms with Crippen molar-refractivity contribution in [2.24, 2.45) is 11.8 Å². The first kappa shape index (κ1) is 13.0. The zero-order chi connectivity index (χ0) is 13.1. The predicted octanol–water partition coefficient (Wildman–Crippen LogP) is 2.26. The topological polar surface area (TPSA) is 60.0 Å². The maximum atomic E-state index is 12.1. The molecule has 0 radical (unpaired) electrons. The summed E-state index contributed by atoms with van der Waals surface area (Å²) in [5, 5.41) is 3.03. The lowest BCUT2D eigenvalue weighted by atomic mass is 10.1. The minimum atomic E-state index is -0.00639. The fourth-order valence-corrected chi connectivity index (χ4v) is 2.82. The van der Waals surface area contributed by atoms with Crippen LogP contribution in [0.2, 0.25) is 0 Å². The molecule has 1 fully saturated rings. The van der Waals surface area contributed by atoms with E-state index in [2.05, 4.69) is 12.2 Å². The Morgan fingerprint density at radius 2 is 2.33 bits per heavy atom. The zero-order valence-corrected chi connectivity index (χ0v) is 11.3. The van der Waals surface area contributed by atoms with Gasteiger partial charge in [0.15, 0.2) is 0 Å². The molecule has 1 amide bonds. The Morgan fingerprint density at radius 1 is 1.56 bits per heavy atom. The highest BCUT2D eigenvalue weighted by molar-refractivity contribution is 5.93. The SMILES string of the molecule is CCn1cc(N)cc1C(=O)NCC1CCC(C)C1. The number of aryl methyl sites for hydroxylation is 1. The second kappa shape index (κ2) is 5.46. The van der Waals surface area contributed by atoms with Gasteiger partial charge in [0, 0.05) is 19.3 Å². The number of amides is 1. The van der Waals surface area contributed by atoms with E-state index in [1.165, 1.54) is 19.3 Å². The summed E-state index contributed by atoms with van der Waals surface area (Å²) < 4.78 is 1.89. The zero-order valence-electron chi connectivity index (χ0n) is 11.3. The molecule has 1 heterocycles. The van der Waals surface area contributed by atoms with E-state index in [1.807, 2.05) is 17.7 Å². The van der Waals surface area contributed by atoms with Gasteiger partial charge in [-0.1, -0.05) is 13.3 Å². The smallest absolute Gasteiger partial charge is 0.267 e. The molecule has 2 unspecified atom stereocenters. The van der Waals surface area contributed by atoms with Gasteiger partial charge in [0.25, 0.3) is 5.91 Å². The summed E-state index contributed by atoms with van der Waals surface area (Å²) in [4.78, 5) is 12.1. The number of nitrogens with one attached hydrogen (secondary N) is 1. The Kier molecular flexibility index (Phi) is 3.94. The number of nitrogens with two attached hydrogens (primary N) is 1. The molecular weight excluding hydrogens is 226 g/mol. The summed E-state index contributed by atoms with van der Waals surface area (Å²) in [6, 6.07) is 1.75. The van der Waals surface area contributed by atoms with Crippen LogP contribution in [0.15, 0.2) is 12.3 Å². The number of carbonyl (C=O) groups excluding carboxylic acids is 1. The Balaban J connectivity index is 1.91. The van der Waals surface area contributed by atoms with Gasteiger partial charge in [0.05, 0.1) is 5.69 Å². The summed E-state index contributed by atoms with van der Waals surface area (Å²) in [7, 11) is 0. The van der Waals surface area contributed by atoms with Crippen LogP contribution in [0.3, 0.4) is 0 Å². The molecule has 4 heteroatoms. The van der Waals surface area contributed by atoms with E-state index in [0.717, 1.165) is 19.0 Å². The molecule has 1 aromatic heterocycles. The molecule has 0 saturated heterocycles. The quantitative estimate of drug-likeness (QED) is 0.860. The van der Waals surface area contributed by atoms with Crippen molar-refractivity contribution in [1.82, 2.24) is 9.88 Å². The third-order valence-electron chi connectivity index (χ3n) is 3.85. The molecule has 18 heavy (non-hydrogen) atoms. The fourth-order valence-electron chi connectivity index (χ4n) is 2.82. The Hall–Kier alpha value is -1.45. The summed E-state index contributed by atoms with van der Waals surface area (Å²) in [5.41, 5.74) is 7.05. The van der Waals surface area contributed by atoms with Gasteiger partial charge in [-0.2, -0.15) is 0 Å². The van der Waals surface area contributed by atoms with Crippen LogP contribution in [0.1, 0.15) is 43.6 Å². The molecule has 100 valence electrons. The van der Waals surface area contributed by atoms with Gasteiger partial charge in [-0.15, -0.1) is 0 Å². The van der Waals surface area contributed by atoms with Crippen LogP contribution < -0.4 is 11.1 Å². The summed E-state index contributed by atoms with van der Waals surface area (Å²) >= 11 is 0. The van der Waals surface area contributed by atoms with Crippen molar-refractivity contribution >= 4 is 11.6 Å². The van der Waals surface area contributed by atoms with Crippen molar-refractivity contribution in [2.75, 3.05) is 12.3 Å². The summed E-state index contributed by atoms with van der Waals surface area (Å²) in [5.74, 6) is 1.45. The van der Waals surface area contributed by atoms with Crippen molar-refractivity contribution in [3.05, 3.63) is 18.0 Å². The number of hydrogen-bond donors (Lipinski definition) is 2. The number of rotatable bonds is 4. The van der Waals surface area contributed by atoms with Crippen LogP contribution in [0.4, 0.5) is 5.69 Å². The lowest BCUT2D eigenvalue weighted by molar-refractivity contribution is 0.0938. The molecule has 1 aliphatic rings. The molecule has 0 aliphatic heterocycles. The Morgan fingerprint density at radius 3 is 2.94 bits per heavy atom. The lowest BCUT2D eigenvalue weighted by Crippen LogP contribution is -2.30. The Labute approximate surface area is 109 Å². The number of aromatic nitrogens is 1. The van der Waals surface area contributed by atoms with Gasteiger partial charge >= 0.3 is 0 Å². The monoisotopic (exact) mass is 249 g/mol. The Bertz CT molecular complexity index is 425.